The van der Waals surface area contributed by atoms with Crippen LogP contribution in [0.2, 0.25) is 0 Å². The Morgan fingerprint density at radius 3 is 1.13 bits per heavy atom. The number of aliphatic hydroxyl groups excluding tert-OH is 2. The first-order valence-corrected chi connectivity index (χ1v) is 27.8. The Morgan fingerprint density at radius 1 is 0.429 bits per heavy atom. The molecular weight excluding hydrogens is 779 g/mol. The highest BCUT2D eigenvalue weighted by molar-refractivity contribution is 5.76. The molecule has 0 aliphatic rings. The summed E-state index contributed by atoms with van der Waals surface area (Å²) in [5.74, 6) is -0.119. The summed E-state index contributed by atoms with van der Waals surface area (Å²) in [7, 11) is 0. The van der Waals surface area contributed by atoms with E-state index in [9.17, 15) is 19.8 Å². The van der Waals surface area contributed by atoms with Crippen molar-refractivity contribution in [2.75, 3.05) is 13.2 Å². The van der Waals surface area contributed by atoms with Gasteiger partial charge in [0.2, 0.25) is 5.91 Å². The third kappa shape index (κ3) is 49.4. The van der Waals surface area contributed by atoms with Gasteiger partial charge >= 0.3 is 5.97 Å². The van der Waals surface area contributed by atoms with Crippen LogP contribution in [0.1, 0.15) is 290 Å². The Hall–Kier alpha value is -1.92. The molecule has 0 aromatic carbocycles. The summed E-state index contributed by atoms with van der Waals surface area (Å²) < 4.78 is 5.46. The normalized spacial score (nSPS) is 12.9. The molecule has 0 heterocycles. The van der Waals surface area contributed by atoms with Gasteiger partial charge in [-0.15, -0.1) is 0 Å². The summed E-state index contributed by atoms with van der Waals surface area (Å²) >= 11 is 0. The van der Waals surface area contributed by atoms with Crippen LogP contribution in [0, 0.1) is 0 Å². The smallest absolute Gasteiger partial charge is 0.305 e. The highest BCUT2D eigenvalue weighted by Crippen LogP contribution is 2.16. The minimum Gasteiger partial charge on any atom is -0.466 e. The number of unbranched alkanes of at least 4 members (excludes halogenated alkanes) is 36. The van der Waals surface area contributed by atoms with Crippen LogP contribution in [-0.2, 0) is 14.3 Å². The van der Waals surface area contributed by atoms with E-state index in [2.05, 4.69) is 43.5 Å². The molecule has 1 amide bonds. The highest BCUT2D eigenvalue weighted by Gasteiger charge is 2.18. The van der Waals surface area contributed by atoms with Gasteiger partial charge in [-0.1, -0.05) is 224 Å². The fourth-order valence-corrected chi connectivity index (χ4v) is 8.33. The van der Waals surface area contributed by atoms with Gasteiger partial charge in [-0.3, -0.25) is 9.59 Å². The molecule has 6 heteroatoms. The van der Waals surface area contributed by atoms with E-state index in [4.69, 9.17) is 4.74 Å². The van der Waals surface area contributed by atoms with Crippen LogP contribution in [0.4, 0.5) is 0 Å². The van der Waals surface area contributed by atoms with Crippen LogP contribution in [-0.4, -0.2) is 47.4 Å². The maximum atomic E-state index is 12.4. The van der Waals surface area contributed by atoms with Gasteiger partial charge in [0.05, 0.1) is 25.4 Å². The van der Waals surface area contributed by atoms with Gasteiger partial charge < -0.3 is 20.3 Å². The van der Waals surface area contributed by atoms with Crippen molar-refractivity contribution in [2.24, 2.45) is 0 Å². The molecule has 2 atom stereocenters. The molecule has 63 heavy (non-hydrogen) atoms. The lowest BCUT2D eigenvalue weighted by atomic mass is 10.0. The van der Waals surface area contributed by atoms with Crippen LogP contribution in [0.5, 0.6) is 0 Å². The largest absolute Gasteiger partial charge is 0.466 e. The van der Waals surface area contributed by atoms with Crippen molar-refractivity contribution in [2.45, 2.75) is 302 Å². The van der Waals surface area contributed by atoms with Gasteiger partial charge in [0, 0.05) is 12.8 Å². The Kier molecular flexibility index (Phi) is 51.1. The van der Waals surface area contributed by atoms with Crippen molar-refractivity contribution < 1.29 is 24.5 Å². The number of esters is 1. The topological polar surface area (TPSA) is 95.9 Å². The third-order valence-electron chi connectivity index (χ3n) is 12.6. The van der Waals surface area contributed by atoms with E-state index in [0.29, 0.717) is 19.4 Å². The van der Waals surface area contributed by atoms with Crippen LogP contribution < -0.4 is 5.32 Å². The number of hydrogen-bond donors (Lipinski definition) is 3. The van der Waals surface area contributed by atoms with Gasteiger partial charge in [0.1, 0.15) is 0 Å². The molecule has 0 saturated carbocycles. The molecule has 0 aromatic rings. The molecule has 0 radical (unpaired) electrons. The first-order chi connectivity index (χ1) is 31.0. The Labute approximate surface area is 392 Å². The number of allylic oxidation sites excluding steroid dienone is 5. The van der Waals surface area contributed by atoms with E-state index >= 15 is 0 Å². The number of aliphatic hydroxyl groups is 2. The van der Waals surface area contributed by atoms with Crippen molar-refractivity contribution in [1.82, 2.24) is 5.32 Å². The lowest BCUT2D eigenvalue weighted by Crippen LogP contribution is -2.45. The average molecular weight is 886 g/mol. The fourth-order valence-electron chi connectivity index (χ4n) is 8.33. The zero-order chi connectivity index (χ0) is 45.8. The second kappa shape index (κ2) is 52.7. The van der Waals surface area contributed by atoms with Crippen molar-refractivity contribution >= 4 is 11.9 Å². The monoisotopic (exact) mass is 886 g/mol. The lowest BCUT2D eigenvalue weighted by Gasteiger charge is -2.20. The summed E-state index contributed by atoms with van der Waals surface area (Å²) in [5.41, 5.74) is 0. The summed E-state index contributed by atoms with van der Waals surface area (Å²) in [4.78, 5) is 24.5. The molecule has 3 N–H and O–H groups in total. The van der Waals surface area contributed by atoms with Crippen molar-refractivity contribution in [1.29, 1.82) is 0 Å². The number of carbonyl (C=O) groups is 2. The van der Waals surface area contributed by atoms with Crippen LogP contribution in [0.15, 0.2) is 36.5 Å². The van der Waals surface area contributed by atoms with E-state index in [0.717, 1.165) is 83.5 Å². The molecule has 0 fully saturated rings. The molecular formula is C57H107NO5. The van der Waals surface area contributed by atoms with E-state index in [1.165, 1.54) is 180 Å². The number of amides is 1. The van der Waals surface area contributed by atoms with Gasteiger partial charge in [0.15, 0.2) is 0 Å². The second-order valence-electron chi connectivity index (χ2n) is 18.9. The molecule has 0 saturated heterocycles. The van der Waals surface area contributed by atoms with Crippen LogP contribution >= 0.6 is 0 Å². The summed E-state index contributed by atoms with van der Waals surface area (Å²) in [6, 6.07) is -0.647. The standard InChI is InChI=1S/C57H107NO5/c1-3-5-7-9-11-13-15-17-19-20-21-22-24-26-31-35-39-43-47-51-57(62)63-52-48-44-40-36-32-28-27-30-34-38-42-46-50-56(61)58-54(53-59)55(60)49-45-41-37-33-29-25-23-18-16-14-12-10-8-6-4-2/h17,19,28,32,45,49,54-55,59-60H,3-16,18,20-27,29-31,33-44,46-48,50-53H2,1-2H3,(H,58,61)/b19-17-,32-28-,49-45+. The number of hydrogen-bond acceptors (Lipinski definition) is 5. The van der Waals surface area contributed by atoms with Crippen LogP contribution in [0.3, 0.4) is 0 Å². The number of ether oxygens (including phenoxy) is 1. The summed E-state index contributed by atoms with van der Waals surface area (Å²) in [6.07, 6.45) is 64.4. The van der Waals surface area contributed by atoms with Gasteiger partial charge in [-0.05, 0) is 89.9 Å². The highest BCUT2D eigenvalue weighted by atomic mass is 16.5. The zero-order valence-electron chi connectivity index (χ0n) is 42.1. The average Bonchev–Trinajstić information content (AvgIpc) is 3.28. The third-order valence-corrected chi connectivity index (χ3v) is 12.6. The zero-order valence-corrected chi connectivity index (χ0v) is 42.1. The number of nitrogens with one attached hydrogen (secondary N) is 1. The van der Waals surface area contributed by atoms with E-state index in [1.807, 2.05) is 6.08 Å². The van der Waals surface area contributed by atoms with Gasteiger partial charge in [-0.2, -0.15) is 0 Å². The van der Waals surface area contributed by atoms with E-state index in [-0.39, 0.29) is 18.5 Å². The van der Waals surface area contributed by atoms with E-state index < -0.39 is 12.1 Å². The second-order valence-corrected chi connectivity index (χ2v) is 18.9. The van der Waals surface area contributed by atoms with Gasteiger partial charge in [0.25, 0.3) is 0 Å². The SMILES string of the molecule is CCCCCCCC/C=C\CCCCCCCCCCCC(=O)OCCCCC/C=C\CCCCCCCC(=O)NC(CO)C(O)/C=C/CCCCCCCCCCCCCCC. The maximum absolute atomic E-state index is 12.4. The summed E-state index contributed by atoms with van der Waals surface area (Å²) in [5, 5.41) is 23.1. The van der Waals surface area contributed by atoms with Crippen LogP contribution in [0.25, 0.3) is 0 Å². The Bertz CT molecular complexity index is 1020. The molecule has 0 aliphatic carbocycles. The van der Waals surface area contributed by atoms with Crippen molar-refractivity contribution in [3.05, 3.63) is 36.5 Å². The van der Waals surface area contributed by atoms with Crippen molar-refractivity contribution in [3.8, 4) is 0 Å². The molecule has 6 nitrogen and oxygen atoms in total. The molecule has 0 rings (SSSR count). The molecule has 0 aromatic heterocycles. The molecule has 0 bridgehead atoms. The molecule has 0 aliphatic heterocycles. The molecule has 370 valence electrons. The Balaban J connectivity index is 3.51. The first-order valence-electron chi connectivity index (χ1n) is 27.8. The molecule has 2 unspecified atom stereocenters. The minimum atomic E-state index is -0.861. The number of rotatable bonds is 51. The number of carbonyl (C=O) groups excluding carboxylic acids is 2. The van der Waals surface area contributed by atoms with Gasteiger partial charge in [-0.25, -0.2) is 0 Å². The fraction of sp³-hybridized carbons (Fsp3) is 0.860. The predicted octanol–water partition coefficient (Wildman–Crippen LogP) is 16.9. The predicted molar refractivity (Wildman–Crippen MR) is 273 cm³/mol. The maximum Gasteiger partial charge on any atom is 0.305 e. The minimum absolute atomic E-state index is 0.0251. The van der Waals surface area contributed by atoms with Crippen molar-refractivity contribution in [3.63, 3.8) is 0 Å². The summed E-state index contributed by atoms with van der Waals surface area (Å²) in [6.45, 7) is 4.84. The quantitative estimate of drug-likeness (QED) is 0.0321. The lowest BCUT2D eigenvalue weighted by molar-refractivity contribution is -0.143. The van der Waals surface area contributed by atoms with E-state index in [1.54, 1.807) is 6.08 Å². The molecule has 0 spiro atoms. The Morgan fingerprint density at radius 2 is 0.746 bits per heavy atom. The first kappa shape index (κ1) is 61.1.